The molecule has 0 saturated heterocycles. The fraction of sp³-hybridized carbons (Fsp3) is 0.333. The van der Waals surface area contributed by atoms with Crippen molar-refractivity contribution in [3.63, 3.8) is 0 Å². The summed E-state index contributed by atoms with van der Waals surface area (Å²) in [6.07, 6.45) is 0. The number of hydrogen-bond acceptors (Lipinski definition) is 1. The van der Waals surface area contributed by atoms with E-state index in [1.165, 1.54) is 0 Å². The average Bonchev–Trinajstić information content (AvgIpc) is 1.27. The summed E-state index contributed by atoms with van der Waals surface area (Å²) in [6, 6.07) is 0. The van der Waals surface area contributed by atoms with Crippen molar-refractivity contribution in [3.8, 4) is 0 Å². The molecule has 0 heterocycles. The molecule has 0 aliphatic rings. The van der Waals surface area contributed by atoms with Gasteiger partial charge in [-0.25, -0.2) is 0 Å². The van der Waals surface area contributed by atoms with E-state index < -0.39 is 0 Å². The lowest BCUT2D eigenvalue weighted by Crippen LogP contribution is -1.59. The summed E-state index contributed by atoms with van der Waals surface area (Å²) in [5, 5.41) is 0. The molecule has 0 aromatic heterocycles. The highest BCUT2D eigenvalue weighted by Crippen LogP contribution is 2.19. The molecule has 0 N–H and O–H groups in total. The lowest BCUT2D eigenvalue weighted by atomic mass is 10.7. The molecule has 0 amide bonds. The Morgan fingerprint density at radius 3 is 1.43 bits per heavy atom. The monoisotopic (exact) mass is 114 g/mol. The fourth-order valence-electron chi connectivity index (χ4n) is 0.297. The summed E-state index contributed by atoms with van der Waals surface area (Å²) in [5.74, 6) is 0. The van der Waals surface area contributed by atoms with Gasteiger partial charge in [0.25, 0.3) is 0 Å². The highest BCUT2D eigenvalue weighted by Gasteiger charge is 1.82. The third kappa shape index (κ3) is 5.83. The molecule has 0 aliphatic heterocycles. The molecule has 0 aromatic carbocycles. The van der Waals surface area contributed by atoms with Crippen LogP contribution in [0.1, 0.15) is 13.8 Å². The number of hydrogen-bond donors (Lipinski definition) is 0. The first kappa shape index (κ1) is 6.83. The lowest BCUT2D eigenvalue weighted by Gasteiger charge is -1.92. The molecule has 0 aliphatic carbocycles. The first-order valence-electron chi connectivity index (χ1n) is 2.12. The Kier molecular flexibility index (Phi) is 2.84. The molecule has 0 fully saturated rings. The quantitative estimate of drug-likeness (QED) is 0.532. The maximum absolute atomic E-state index is 3.70. The summed E-state index contributed by atoms with van der Waals surface area (Å²) in [7, 11) is 0. The summed E-state index contributed by atoms with van der Waals surface area (Å²) < 4.78 is 0. The standard InChI is InChI=1S/C6H10S/c1-5(2)7-6(3)4/h1,3H2,2,4H3. The Bertz CT molecular complexity index is 80.4. The predicted octanol–water partition coefficient (Wildman–Crippen LogP) is 2.79. The normalized spacial score (nSPS) is 8.29. The molecule has 7 heavy (non-hydrogen) atoms. The highest BCUT2D eigenvalue weighted by atomic mass is 32.2. The number of allylic oxidation sites excluding steroid dienone is 2. The maximum atomic E-state index is 3.70. The van der Waals surface area contributed by atoms with Crippen molar-refractivity contribution >= 4 is 11.8 Å². The SMILES string of the molecule is C=C(C)SC(=C)C. The Hall–Kier alpha value is -0.170. The largest absolute Gasteiger partial charge is 0.101 e. The molecule has 0 rings (SSSR count). The third-order valence-corrected chi connectivity index (χ3v) is 1.05. The molecule has 0 bridgehead atoms. The van der Waals surface area contributed by atoms with Crippen molar-refractivity contribution in [3.05, 3.63) is 23.0 Å². The second-order valence-electron chi connectivity index (χ2n) is 1.51. The van der Waals surface area contributed by atoms with E-state index in [-0.39, 0.29) is 0 Å². The zero-order valence-corrected chi connectivity index (χ0v) is 5.64. The van der Waals surface area contributed by atoms with Gasteiger partial charge in [-0.1, -0.05) is 13.2 Å². The Balaban J connectivity index is 3.32. The summed E-state index contributed by atoms with van der Waals surface area (Å²) >= 11 is 1.62. The molecular formula is C6H10S. The van der Waals surface area contributed by atoms with Gasteiger partial charge < -0.3 is 0 Å². The van der Waals surface area contributed by atoms with Gasteiger partial charge in [-0.2, -0.15) is 0 Å². The van der Waals surface area contributed by atoms with E-state index in [1.807, 2.05) is 13.8 Å². The molecule has 0 radical (unpaired) electrons. The smallest absolute Gasteiger partial charge is 0.0209 e. The van der Waals surface area contributed by atoms with Crippen LogP contribution in [0.4, 0.5) is 0 Å². The van der Waals surface area contributed by atoms with Crippen LogP contribution in [0.5, 0.6) is 0 Å². The highest BCUT2D eigenvalue weighted by molar-refractivity contribution is 8.06. The first-order valence-corrected chi connectivity index (χ1v) is 2.93. The predicted molar refractivity (Wildman–Crippen MR) is 37.2 cm³/mol. The Morgan fingerprint density at radius 1 is 1.14 bits per heavy atom. The van der Waals surface area contributed by atoms with Gasteiger partial charge in [0.1, 0.15) is 0 Å². The molecule has 0 spiro atoms. The summed E-state index contributed by atoms with van der Waals surface area (Å²) in [4.78, 5) is 2.21. The van der Waals surface area contributed by atoms with Crippen LogP contribution >= 0.6 is 11.8 Å². The van der Waals surface area contributed by atoms with Crippen LogP contribution in [0.15, 0.2) is 23.0 Å². The van der Waals surface area contributed by atoms with Gasteiger partial charge in [0.2, 0.25) is 0 Å². The van der Waals surface area contributed by atoms with Gasteiger partial charge in [0.05, 0.1) is 0 Å². The lowest BCUT2D eigenvalue weighted by molar-refractivity contribution is 1.68. The summed E-state index contributed by atoms with van der Waals surface area (Å²) in [5.41, 5.74) is 0. The molecule has 40 valence electrons. The van der Waals surface area contributed by atoms with Gasteiger partial charge >= 0.3 is 0 Å². The van der Waals surface area contributed by atoms with Gasteiger partial charge in [-0.05, 0) is 23.7 Å². The zero-order chi connectivity index (χ0) is 5.86. The minimum Gasteiger partial charge on any atom is -0.101 e. The topological polar surface area (TPSA) is 0 Å². The fourth-order valence-corrected chi connectivity index (χ4v) is 0.892. The number of thioether (sulfide) groups is 1. The van der Waals surface area contributed by atoms with Crippen molar-refractivity contribution < 1.29 is 0 Å². The maximum Gasteiger partial charge on any atom is -0.0209 e. The first-order chi connectivity index (χ1) is 3.13. The van der Waals surface area contributed by atoms with E-state index in [9.17, 15) is 0 Å². The van der Waals surface area contributed by atoms with Gasteiger partial charge in [-0.3, -0.25) is 0 Å². The third-order valence-electron chi connectivity index (χ3n) is 0.348. The molecule has 0 aromatic rings. The van der Waals surface area contributed by atoms with E-state index in [0.717, 1.165) is 9.81 Å². The van der Waals surface area contributed by atoms with Gasteiger partial charge in [0.15, 0.2) is 0 Å². The zero-order valence-electron chi connectivity index (χ0n) is 4.82. The van der Waals surface area contributed by atoms with Crippen LogP contribution < -0.4 is 0 Å². The average molecular weight is 114 g/mol. The van der Waals surface area contributed by atoms with E-state index in [2.05, 4.69) is 13.2 Å². The van der Waals surface area contributed by atoms with Crippen molar-refractivity contribution in [1.82, 2.24) is 0 Å². The van der Waals surface area contributed by atoms with E-state index >= 15 is 0 Å². The van der Waals surface area contributed by atoms with Crippen molar-refractivity contribution in [2.75, 3.05) is 0 Å². The second kappa shape index (κ2) is 2.92. The molecule has 0 saturated carbocycles. The molecular weight excluding hydrogens is 104 g/mol. The van der Waals surface area contributed by atoms with Crippen LogP contribution in [-0.2, 0) is 0 Å². The minimum atomic E-state index is 1.10. The van der Waals surface area contributed by atoms with Crippen molar-refractivity contribution in [2.45, 2.75) is 13.8 Å². The van der Waals surface area contributed by atoms with E-state index in [0.29, 0.717) is 0 Å². The van der Waals surface area contributed by atoms with Gasteiger partial charge in [-0.15, -0.1) is 11.8 Å². The van der Waals surface area contributed by atoms with Crippen LogP contribution in [0, 0.1) is 0 Å². The van der Waals surface area contributed by atoms with E-state index in [4.69, 9.17) is 0 Å². The van der Waals surface area contributed by atoms with Crippen LogP contribution in [0.3, 0.4) is 0 Å². The number of rotatable bonds is 2. The minimum absolute atomic E-state index is 1.10. The molecule has 0 atom stereocenters. The Labute approximate surface area is 49.3 Å². The summed E-state index contributed by atoms with van der Waals surface area (Å²) in [6.45, 7) is 11.3. The van der Waals surface area contributed by atoms with Crippen molar-refractivity contribution in [2.24, 2.45) is 0 Å². The molecule has 1 heteroatoms. The second-order valence-corrected chi connectivity index (χ2v) is 3.10. The van der Waals surface area contributed by atoms with Gasteiger partial charge in [0, 0.05) is 0 Å². The molecule has 0 nitrogen and oxygen atoms in total. The van der Waals surface area contributed by atoms with Crippen LogP contribution in [0.25, 0.3) is 0 Å². The Morgan fingerprint density at radius 2 is 1.43 bits per heavy atom. The van der Waals surface area contributed by atoms with E-state index in [1.54, 1.807) is 11.8 Å². The van der Waals surface area contributed by atoms with Crippen LogP contribution in [0.2, 0.25) is 0 Å². The van der Waals surface area contributed by atoms with Crippen molar-refractivity contribution in [1.29, 1.82) is 0 Å². The van der Waals surface area contributed by atoms with Crippen LogP contribution in [-0.4, -0.2) is 0 Å². The molecule has 0 unspecified atom stereocenters.